The summed E-state index contributed by atoms with van der Waals surface area (Å²) in [6.45, 7) is 0.255. The second kappa shape index (κ2) is 8.20. The molecule has 4 heterocycles. The number of hydrogen-bond acceptors (Lipinski definition) is 4. The summed E-state index contributed by atoms with van der Waals surface area (Å²) in [5.41, 5.74) is 0.505. The van der Waals surface area contributed by atoms with E-state index >= 15 is 0 Å². The van der Waals surface area contributed by atoms with Crippen LogP contribution in [0.4, 0.5) is 13.2 Å². The lowest BCUT2D eigenvalue weighted by Crippen LogP contribution is -2.26. The molecule has 2 N–H and O–H groups in total. The Labute approximate surface area is 194 Å². The maximum absolute atomic E-state index is 13.7. The first kappa shape index (κ1) is 21.5. The van der Waals surface area contributed by atoms with Crippen molar-refractivity contribution in [3.63, 3.8) is 0 Å². The molecule has 6 nitrogen and oxygen atoms in total. The third-order valence-electron chi connectivity index (χ3n) is 5.17. The molecule has 0 aliphatic carbocycles. The van der Waals surface area contributed by atoms with Crippen LogP contribution >= 0.6 is 22.9 Å². The third kappa shape index (κ3) is 3.96. The van der Waals surface area contributed by atoms with Gasteiger partial charge in [0, 0.05) is 23.6 Å². The van der Waals surface area contributed by atoms with Crippen LogP contribution in [0.3, 0.4) is 0 Å². The van der Waals surface area contributed by atoms with Gasteiger partial charge in [0.05, 0.1) is 10.6 Å². The van der Waals surface area contributed by atoms with Gasteiger partial charge in [-0.3, -0.25) is 4.79 Å². The number of alkyl halides is 3. The Hall–Kier alpha value is -3.37. The summed E-state index contributed by atoms with van der Waals surface area (Å²) < 4.78 is 41.8. The largest absolute Gasteiger partial charge is 0.433 e. The van der Waals surface area contributed by atoms with Crippen molar-refractivity contribution in [2.45, 2.75) is 12.6 Å². The molecule has 168 valence electrons. The lowest BCUT2D eigenvalue weighted by molar-refractivity contribution is -0.142. The van der Waals surface area contributed by atoms with E-state index in [1.807, 2.05) is 30.5 Å². The van der Waals surface area contributed by atoms with Crippen molar-refractivity contribution in [3.8, 4) is 10.6 Å². The van der Waals surface area contributed by atoms with E-state index in [2.05, 4.69) is 20.4 Å². The molecule has 1 aromatic carbocycles. The number of halogens is 4. The summed E-state index contributed by atoms with van der Waals surface area (Å²) in [4.78, 5) is 20.7. The van der Waals surface area contributed by atoms with Gasteiger partial charge in [-0.25, -0.2) is 9.50 Å². The van der Waals surface area contributed by atoms with E-state index < -0.39 is 17.8 Å². The minimum absolute atomic E-state index is 0.109. The monoisotopic (exact) mass is 489 g/mol. The summed E-state index contributed by atoms with van der Waals surface area (Å²) in [6, 6.07) is 12.0. The van der Waals surface area contributed by atoms with Gasteiger partial charge in [0.1, 0.15) is 5.02 Å². The molecule has 5 rings (SSSR count). The molecule has 0 spiro atoms. The van der Waals surface area contributed by atoms with Gasteiger partial charge in [-0.05, 0) is 35.6 Å². The molecule has 0 fully saturated rings. The van der Waals surface area contributed by atoms with Crippen molar-refractivity contribution in [3.05, 3.63) is 76.0 Å². The van der Waals surface area contributed by atoms with E-state index in [4.69, 9.17) is 11.6 Å². The minimum Gasteiger partial charge on any atom is -0.361 e. The quantitative estimate of drug-likeness (QED) is 0.338. The molecular weight excluding hydrogens is 475 g/mol. The van der Waals surface area contributed by atoms with Crippen molar-refractivity contribution in [1.82, 2.24) is 24.9 Å². The fourth-order valence-electron chi connectivity index (χ4n) is 3.62. The molecule has 0 saturated carbocycles. The first-order valence-corrected chi connectivity index (χ1v) is 11.1. The molecule has 0 aliphatic rings. The summed E-state index contributed by atoms with van der Waals surface area (Å²) in [5.74, 6) is -0.670. The minimum atomic E-state index is -4.72. The van der Waals surface area contributed by atoms with Gasteiger partial charge in [0.2, 0.25) is 0 Å². The average Bonchev–Trinajstić information content (AvgIpc) is 3.52. The van der Waals surface area contributed by atoms with Crippen LogP contribution in [0.15, 0.2) is 54.0 Å². The molecule has 0 bridgehead atoms. The Bertz CT molecular complexity index is 1470. The number of nitrogens with zero attached hydrogens (tertiary/aromatic N) is 3. The molecular formula is C22H15ClF3N5OS. The maximum atomic E-state index is 13.7. The van der Waals surface area contributed by atoms with Gasteiger partial charge >= 0.3 is 6.18 Å². The van der Waals surface area contributed by atoms with E-state index in [1.165, 1.54) is 11.3 Å². The maximum Gasteiger partial charge on any atom is 0.433 e. The van der Waals surface area contributed by atoms with Crippen molar-refractivity contribution in [2.24, 2.45) is 0 Å². The summed E-state index contributed by atoms with van der Waals surface area (Å²) >= 11 is 7.54. The van der Waals surface area contributed by atoms with Crippen LogP contribution in [0.1, 0.15) is 21.7 Å². The number of aromatic amines is 1. The highest BCUT2D eigenvalue weighted by atomic mass is 35.5. The number of thiophene rings is 1. The second-order valence-electron chi connectivity index (χ2n) is 7.27. The normalized spacial score (nSPS) is 12.0. The Morgan fingerprint density at radius 3 is 2.79 bits per heavy atom. The molecule has 11 heteroatoms. The first-order valence-electron chi connectivity index (χ1n) is 9.86. The number of carbonyl (C=O) groups excluding carboxylic acids is 1. The van der Waals surface area contributed by atoms with Crippen LogP contribution in [-0.2, 0) is 12.6 Å². The Morgan fingerprint density at radius 2 is 2.03 bits per heavy atom. The predicted octanol–water partition coefficient (Wildman–Crippen LogP) is 5.58. The zero-order valence-electron chi connectivity index (χ0n) is 16.8. The highest BCUT2D eigenvalue weighted by molar-refractivity contribution is 7.13. The van der Waals surface area contributed by atoms with Gasteiger partial charge in [-0.15, -0.1) is 11.3 Å². The van der Waals surface area contributed by atoms with Gasteiger partial charge in [-0.2, -0.15) is 18.3 Å². The first-order chi connectivity index (χ1) is 15.8. The van der Waals surface area contributed by atoms with Crippen LogP contribution in [0, 0.1) is 0 Å². The number of para-hydroxylation sites is 1. The molecule has 0 saturated heterocycles. The van der Waals surface area contributed by atoms with Crippen LogP contribution in [-0.4, -0.2) is 32.0 Å². The number of carbonyl (C=O) groups is 1. The van der Waals surface area contributed by atoms with Crippen molar-refractivity contribution in [2.75, 3.05) is 6.54 Å². The number of amides is 1. The second-order valence-corrected chi connectivity index (χ2v) is 8.59. The van der Waals surface area contributed by atoms with Gasteiger partial charge in [0.15, 0.2) is 17.0 Å². The standard InChI is InChI=1S/C22H15ClF3N5OS/c23-18-19(21(32)27-8-7-12-11-28-14-5-2-1-4-13(12)14)30-31-17(22(24,25)26)10-15(29-20(18)31)16-6-3-9-33-16/h1-6,9-11,28H,7-8H2,(H,27,32). The zero-order chi connectivity index (χ0) is 23.2. The molecule has 33 heavy (non-hydrogen) atoms. The van der Waals surface area contributed by atoms with Crippen molar-refractivity contribution < 1.29 is 18.0 Å². The predicted molar refractivity (Wildman–Crippen MR) is 121 cm³/mol. The summed E-state index contributed by atoms with van der Waals surface area (Å²) in [5, 5.41) is 9.08. The summed E-state index contributed by atoms with van der Waals surface area (Å²) in [7, 11) is 0. The molecule has 5 aromatic rings. The number of rotatable bonds is 5. The molecule has 4 aromatic heterocycles. The highest BCUT2D eigenvalue weighted by Crippen LogP contribution is 2.35. The molecule has 0 aliphatic heterocycles. The van der Waals surface area contributed by atoms with Crippen LogP contribution in [0.25, 0.3) is 27.1 Å². The lowest BCUT2D eigenvalue weighted by Gasteiger charge is -2.10. The third-order valence-corrected chi connectivity index (χ3v) is 6.41. The fourth-order valence-corrected chi connectivity index (χ4v) is 4.55. The van der Waals surface area contributed by atoms with Crippen LogP contribution in [0.5, 0.6) is 0 Å². The Balaban J connectivity index is 1.44. The number of benzene rings is 1. The lowest BCUT2D eigenvalue weighted by atomic mass is 10.1. The van der Waals surface area contributed by atoms with Gasteiger partial charge in [-0.1, -0.05) is 35.9 Å². The van der Waals surface area contributed by atoms with E-state index in [0.717, 1.165) is 22.5 Å². The molecule has 0 atom stereocenters. The SMILES string of the molecule is O=C(NCCc1c[nH]c2ccccc12)c1nn2c(C(F)(F)F)cc(-c3cccs3)nc2c1Cl. The number of hydrogen-bond donors (Lipinski definition) is 2. The number of aromatic nitrogens is 4. The van der Waals surface area contributed by atoms with Crippen LogP contribution < -0.4 is 5.32 Å². The van der Waals surface area contributed by atoms with Crippen LogP contribution in [0.2, 0.25) is 5.02 Å². The number of nitrogens with one attached hydrogen (secondary N) is 2. The molecule has 0 unspecified atom stereocenters. The zero-order valence-corrected chi connectivity index (χ0v) is 18.4. The molecule has 0 radical (unpaired) electrons. The fraction of sp³-hybridized carbons (Fsp3) is 0.136. The Morgan fingerprint density at radius 1 is 1.21 bits per heavy atom. The van der Waals surface area contributed by atoms with E-state index in [9.17, 15) is 18.0 Å². The summed E-state index contributed by atoms with van der Waals surface area (Å²) in [6.07, 6.45) is -2.33. The van der Waals surface area contributed by atoms with Crippen molar-refractivity contribution in [1.29, 1.82) is 0 Å². The van der Waals surface area contributed by atoms with Gasteiger partial charge < -0.3 is 10.3 Å². The van der Waals surface area contributed by atoms with Crippen molar-refractivity contribution >= 4 is 45.4 Å². The number of H-pyrrole nitrogens is 1. The van der Waals surface area contributed by atoms with E-state index in [0.29, 0.717) is 15.8 Å². The molecule has 1 amide bonds. The number of fused-ring (bicyclic) bond motifs is 2. The highest BCUT2D eigenvalue weighted by Gasteiger charge is 2.36. The topological polar surface area (TPSA) is 75.1 Å². The van der Waals surface area contributed by atoms with E-state index in [-0.39, 0.29) is 28.6 Å². The smallest absolute Gasteiger partial charge is 0.361 e. The van der Waals surface area contributed by atoms with E-state index in [1.54, 1.807) is 17.5 Å². The average molecular weight is 490 g/mol. The van der Waals surface area contributed by atoms with Gasteiger partial charge in [0.25, 0.3) is 5.91 Å². The Kier molecular flexibility index (Phi) is 5.34.